The minimum Gasteiger partial charge on any atom is -0.342 e. The highest BCUT2D eigenvalue weighted by molar-refractivity contribution is 7.99. The Hall–Kier alpha value is -3.63. The van der Waals surface area contributed by atoms with E-state index in [1.54, 1.807) is 36.7 Å². The van der Waals surface area contributed by atoms with Crippen molar-refractivity contribution in [3.8, 4) is 6.07 Å². The van der Waals surface area contributed by atoms with E-state index in [-0.39, 0.29) is 10.6 Å². The molecule has 0 saturated carbocycles. The van der Waals surface area contributed by atoms with Crippen molar-refractivity contribution in [1.82, 2.24) is 9.55 Å². The second kappa shape index (κ2) is 7.55. The van der Waals surface area contributed by atoms with Gasteiger partial charge in [-0.1, -0.05) is 36.0 Å². The van der Waals surface area contributed by atoms with Crippen molar-refractivity contribution in [2.75, 3.05) is 0 Å². The number of hydrogen-bond donors (Lipinski definition) is 0. The van der Waals surface area contributed by atoms with Crippen molar-refractivity contribution in [3.63, 3.8) is 0 Å². The Morgan fingerprint density at radius 1 is 1.14 bits per heavy atom. The predicted octanol–water partition coefficient (Wildman–Crippen LogP) is 5.02. The molecule has 28 heavy (non-hydrogen) atoms. The number of hydrogen-bond acceptors (Lipinski definition) is 5. The number of rotatable bonds is 5. The number of fused-ring (bicyclic) bond motifs is 1. The van der Waals surface area contributed by atoms with Crippen LogP contribution >= 0.6 is 11.8 Å². The summed E-state index contributed by atoms with van der Waals surface area (Å²) in [7, 11) is 0. The van der Waals surface area contributed by atoms with Crippen LogP contribution in [0, 0.1) is 21.4 Å². The molecule has 6 nitrogen and oxygen atoms in total. The normalized spacial score (nSPS) is 10.7. The van der Waals surface area contributed by atoms with Crippen LogP contribution in [0.25, 0.3) is 10.9 Å². The van der Waals surface area contributed by atoms with E-state index >= 15 is 0 Å². The van der Waals surface area contributed by atoms with Crippen LogP contribution in [0.3, 0.4) is 0 Å². The first kappa shape index (κ1) is 17.8. The standard InChI is InChI=1S/C21H14N4O2S/c22-11-15-7-8-17-19(10-15)24(13-16-4-3-9-23-12-16)14-21(17)28-20-6-2-1-5-18(20)25(26)27/h1-10,12,14H,13H2. The maximum absolute atomic E-state index is 11.3. The van der Waals surface area contributed by atoms with Gasteiger partial charge in [-0.05, 0) is 29.8 Å². The van der Waals surface area contributed by atoms with Crippen molar-refractivity contribution >= 4 is 28.4 Å². The molecule has 2 aromatic heterocycles. The van der Waals surface area contributed by atoms with Gasteiger partial charge in [-0.3, -0.25) is 15.1 Å². The fraction of sp³-hybridized carbons (Fsp3) is 0.0476. The van der Waals surface area contributed by atoms with E-state index in [1.807, 2.05) is 35.0 Å². The minimum absolute atomic E-state index is 0.0781. The molecule has 0 amide bonds. The molecule has 4 rings (SSSR count). The topological polar surface area (TPSA) is 84.7 Å². The Balaban J connectivity index is 1.81. The lowest BCUT2D eigenvalue weighted by atomic mass is 10.2. The first-order valence-electron chi connectivity index (χ1n) is 8.49. The first-order chi connectivity index (χ1) is 13.7. The first-order valence-corrected chi connectivity index (χ1v) is 9.30. The van der Waals surface area contributed by atoms with E-state index < -0.39 is 0 Å². The van der Waals surface area contributed by atoms with Gasteiger partial charge in [0.25, 0.3) is 5.69 Å². The highest BCUT2D eigenvalue weighted by Gasteiger charge is 2.17. The second-order valence-corrected chi connectivity index (χ2v) is 7.24. The number of nitro groups is 1. The van der Waals surface area contributed by atoms with Crippen molar-refractivity contribution < 1.29 is 4.92 Å². The maximum atomic E-state index is 11.3. The molecule has 0 atom stereocenters. The fourth-order valence-electron chi connectivity index (χ4n) is 3.04. The molecule has 0 aliphatic rings. The van der Waals surface area contributed by atoms with Crippen LogP contribution in [0.4, 0.5) is 5.69 Å². The van der Waals surface area contributed by atoms with Crippen LogP contribution in [0.2, 0.25) is 0 Å². The Morgan fingerprint density at radius 2 is 2.00 bits per heavy atom. The van der Waals surface area contributed by atoms with Gasteiger partial charge in [0.05, 0.1) is 27.0 Å². The third kappa shape index (κ3) is 3.46. The smallest absolute Gasteiger partial charge is 0.283 e. The van der Waals surface area contributed by atoms with E-state index in [0.717, 1.165) is 21.4 Å². The zero-order valence-corrected chi connectivity index (χ0v) is 15.5. The average Bonchev–Trinajstić information content (AvgIpc) is 3.05. The zero-order valence-electron chi connectivity index (χ0n) is 14.6. The van der Waals surface area contributed by atoms with Crippen LogP contribution in [0.5, 0.6) is 0 Å². The molecule has 0 fully saturated rings. The van der Waals surface area contributed by atoms with Crippen molar-refractivity contribution in [2.24, 2.45) is 0 Å². The van der Waals surface area contributed by atoms with Gasteiger partial charge < -0.3 is 4.57 Å². The number of aromatic nitrogens is 2. The Kier molecular flexibility index (Phi) is 4.79. The number of nitriles is 1. The van der Waals surface area contributed by atoms with Crippen LogP contribution in [-0.2, 0) is 6.54 Å². The molecule has 0 aliphatic heterocycles. The van der Waals surface area contributed by atoms with E-state index in [0.29, 0.717) is 17.0 Å². The SMILES string of the molecule is N#Cc1ccc2c(Sc3ccccc3[N+](=O)[O-])cn(Cc3cccnc3)c2c1. The molecule has 2 heterocycles. The van der Waals surface area contributed by atoms with Crippen LogP contribution in [-0.4, -0.2) is 14.5 Å². The van der Waals surface area contributed by atoms with E-state index in [1.165, 1.54) is 17.8 Å². The molecule has 0 radical (unpaired) electrons. The quantitative estimate of drug-likeness (QED) is 0.355. The van der Waals surface area contributed by atoms with Crippen LogP contribution in [0.1, 0.15) is 11.1 Å². The van der Waals surface area contributed by atoms with Crippen LogP contribution in [0.15, 0.2) is 83.0 Å². The largest absolute Gasteiger partial charge is 0.342 e. The van der Waals surface area contributed by atoms with Crippen molar-refractivity contribution in [2.45, 2.75) is 16.3 Å². The monoisotopic (exact) mass is 386 g/mol. The molecule has 0 N–H and O–H groups in total. The van der Waals surface area contributed by atoms with Gasteiger partial charge in [0.2, 0.25) is 0 Å². The Morgan fingerprint density at radius 3 is 2.75 bits per heavy atom. The van der Waals surface area contributed by atoms with Gasteiger partial charge in [0.15, 0.2) is 0 Å². The van der Waals surface area contributed by atoms with Gasteiger partial charge in [-0.25, -0.2) is 0 Å². The summed E-state index contributed by atoms with van der Waals surface area (Å²) in [5.74, 6) is 0. The lowest BCUT2D eigenvalue weighted by Gasteiger charge is -2.05. The Bertz CT molecular complexity index is 1210. The highest BCUT2D eigenvalue weighted by atomic mass is 32.2. The highest BCUT2D eigenvalue weighted by Crippen LogP contribution is 2.39. The summed E-state index contributed by atoms with van der Waals surface area (Å²) in [6.45, 7) is 0.594. The maximum Gasteiger partial charge on any atom is 0.283 e. The molecule has 0 spiro atoms. The van der Waals surface area contributed by atoms with Gasteiger partial charge in [-0.2, -0.15) is 5.26 Å². The van der Waals surface area contributed by atoms with Gasteiger partial charge >= 0.3 is 0 Å². The predicted molar refractivity (Wildman–Crippen MR) is 107 cm³/mol. The molecule has 2 aromatic carbocycles. The molecule has 4 aromatic rings. The van der Waals surface area contributed by atoms with Gasteiger partial charge in [0, 0.05) is 41.5 Å². The lowest BCUT2D eigenvalue weighted by Crippen LogP contribution is -1.98. The molecular formula is C21H14N4O2S. The molecular weight excluding hydrogens is 372 g/mol. The summed E-state index contributed by atoms with van der Waals surface area (Å²) in [6, 6.07) is 18.2. The number of para-hydroxylation sites is 1. The average molecular weight is 386 g/mol. The third-order valence-electron chi connectivity index (χ3n) is 4.33. The summed E-state index contributed by atoms with van der Waals surface area (Å²) in [6.07, 6.45) is 5.50. The minimum atomic E-state index is -0.370. The summed E-state index contributed by atoms with van der Waals surface area (Å²) < 4.78 is 2.05. The second-order valence-electron chi connectivity index (χ2n) is 6.15. The van der Waals surface area contributed by atoms with Gasteiger partial charge in [0.1, 0.15) is 0 Å². The third-order valence-corrected chi connectivity index (χ3v) is 5.44. The summed E-state index contributed by atoms with van der Waals surface area (Å²) in [4.78, 5) is 16.6. The molecule has 0 bridgehead atoms. The molecule has 7 heteroatoms. The zero-order chi connectivity index (χ0) is 19.5. The number of benzene rings is 2. The summed E-state index contributed by atoms with van der Waals surface area (Å²) in [5, 5.41) is 21.6. The fourth-order valence-corrected chi connectivity index (χ4v) is 4.13. The summed E-state index contributed by atoms with van der Waals surface area (Å²) >= 11 is 1.36. The molecule has 0 aliphatic carbocycles. The van der Waals surface area contributed by atoms with Crippen molar-refractivity contribution in [3.05, 3.63) is 94.4 Å². The number of nitrogens with zero attached hydrogens (tertiary/aromatic N) is 4. The van der Waals surface area contributed by atoms with E-state index in [2.05, 4.69) is 11.1 Å². The number of pyridine rings is 1. The summed E-state index contributed by atoms with van der Waals surface area (Å²) in [5.41, 5.74) is 2.59. The van der Waals surface area contributed by atoms with E-state index in [4.69, 9.17) is 0 Å². The molecule has 0 saturated heterocycles. The van der Waals surface area contributed by atoms with Crippen molar-refractivity contribution in [1.29, 1.82) is 5.26 Å². The van der Waals surface area contributed by atoms with Crippen LogP contribution < -0.4 is 0 Å². The molecule has 0 unspecified atom stereocenters. The van der Waals surface area contributed by atoms with Gasteiger partial charge in [-0.15, -0.1) is 0 Å². The number of nitro benzene ring substituents is 1. The van der Waals surface area contributed by atoms with E-state index in [9.17, 15) is 15.4 Å². The Labute approximate surface area is 165 Å². The lowest BCUT2D eigenvalue weighted by molar-refractivity contribution is -0.387. The molecule has 136 valence electrons.